The Bertz CT molecular complexity index is 950. The predicted octanol–water partition coefficient (Wildman–Crippen LogP) is 2.99. The number of hydrogen-bond acceptors (Lipinski definition) is 6. The Labute approximate surface area is 174 Å². The van der Waals surface area contributed by atoms with Crippen molar-refractivity contribution < 1.29 is 22.7 Å². The maximum Gasteiger partial charge on any atom is 0.413 e. The molecule has 156 valence electrons. The van der Waals surface area contributed by atoms with E-state index < -0.39 is 16.1 Å². The Morgan fingerprint density at radius 2 is 1.83 bits per heavy atom. The van der Waals surface area contributed by atoms with Gasteiger partial charge in [0.15, 0.2) is 0 Å². The molecule has 1 aliphatic rings. The molecule has 2 amide bonds. The molecule has 0 aliphatic carbocycles. The molecule has 0 bridgehead atoms. The lowest BCUT2D eigenvalue weighted by Crippen LogP contribution is -2.41. The van der Waals surface area contributed by atoms with E-state index >= 15 is 0 Å². The van der Waals surface area contributed by atoms with Crippen molar-refractivity contribution in [2.75, 3.05) is 37.5 Å². The van der Waals surface area contributed by atoms with E-state index in [1.54, 1.807) is 48.8 Å². The third-order valence-corrected chi connectivity index (χ3v) is 8.16. The highest BCUT2D eigenvalue weighted by atomic mass is 32.2. The average Bonchev–Trinajstić information content (AvgIpc) is 3.29. The second kappa shape index (κ2) is 8.93. The molecule has 3 rings (SSSR count). The summed E-state index contributed by atoms with van der Waals surface area (Å²) in [6, 6.07) is 10.2. The van der Waals surface area contributed by atoms with Crippen molar-refractivity contribution in [3.63, 3.8) is 0 Å². The van der Waals surface area contributed by atoms with Crippen LogP contribution in [0, 0.1) is 5.92 Å². The van der Waals surface area contributed by atoms with Gasteiger partial charge in [-0.1, -0.05) is 6.07 Å². The third-order valence-electron chi connectivity index (χ3n) is 4.88. The first-order chi connectivity index (χ1) is 13.8. The highest BCUT2D eigenvalue weighted by Crippen LogP contribution is 2.27. The summed E-state index contributed by atoms with van der Waals surface area (Å²) < 4.78 is 31.6. The van der Waals surface area contributed by atoms with Crippen molar-refractivity contribution in [1.82, 2.24) is 4.31 Å². The van der Waals surface area contributed by atoms with Crippen LogP contribution in [0.25, 0.3) is 0 Å². The summed E-state index contributed by atoms with van der Waals surface area (Å²) in [5.74, 6) is -0.380. The fraction of sp³-hybridized carbons (Fsp3) is 0.368. The molecular formula is C19H23N3O5S2. The zero-order valence-electron chi connectivity index (χ0n) is 16.2. The van der Waals surface area contributed by atoms with E-state index in [0.29, 0.717) is 41.5 Å². The molecule has 0 radical (unpaired) electrons. The zero-order valence-corrected chi connectivity index (χ0v) is 17.8. The van der Waals surface area contributed by atoms with Gasteiger partial charge in [0, 0.05) is 37.4 Å². The minimum Gasteiger partial charge on any atom is -0.452 e. The molecule has 1 fully saturated rings. The van der Waals surface area contributed by atoms with Crippen LogP contribution in [0.15, 0.2) is 46.0 Å². The number of carbonyl (C=O) groups excluding carboxylic acids is 2. The van der Waals surface area contributed by atoms with Crippen LogP contribution in [0.2, 0.25) is 0 Å². The molecular weight excluding hydrogens is 414 g/mol. The normalized spacial score (nSPS) is 15.7. The number of thiophene rings is 1. The monoisotopic (exact) mass is 437 g/mol. The van der Waals surface area contributed by atoms with Gasteiger partial charge >= 0.3 is 6.09 Å². The molecule has 0 atom stereocenters. The first-order valence-electron chi connectivity index (χ1n) is 9.09. The van der Waals surface area contributed by atoms with Gasteiger partial charge < -0.3 is 10.1 Å². The Hall–Kier alpha value is -2.43. The summed E-state index contributed by atoms with van der Waals surface area (Å²) in [6.45, 7) is 0.641. The first-order valence-corrected chi connectivity index (χ1v) is 11.4. The minimum atomic E-state index is -3.47. The summed E-state index contributed by atoms with van der Waals surface area (Å²) in [6.07, 6.45) is 0.463. The van der Waals surface area contributed by atoms with E-state index in [9.17, 15) is 18.0 Å². The van der Waals surface area contributed by atoms with Crippen molar-refractivity contribution in [3.8, 4) is 0 Å². The Morgan fingerprint density at radius 1 is 1.17 bits per heavy atom. The van der Waals surface area contributed by atoms with Gasteiger partial charge in [-0.15, -0.1) is 11.3 Å². The number of piperidine rings is 1. The van der Waals surface area contributed by atoms with Gasteiger partial charge in [0.05, 0.1) is 7.11 Å². The molecule has 1 N–H and O–H groups in total. The molecule has 0 unspecified atom stereocenters. The molecule has 0 saturated carbocycles. The number of carbonyl (C=O) groups is 2. The number of anilines is 2. The summed E-state index contributed by atoms with van der Waals surface area (Å²) in [4.78, 5) is 25.5. The lowest BCUT2D eigenvalue weighted by Gasteiger charge is -2.30. The van der Waals surface area contributed by atoms with E-state index in [1.807, 2.05) is 0 Å². The predicted molar refractivity (Wildman–Crippen MR) is 112 cm³/mol. The number of nitrogens with zero attached hydrogens (tertiary/aromatic N) is 2. The molecule has 2 aromatic rings. The van der Waals surface area contributed by atoms with Crippen LogP contribution in [0.4, 0.5) is 16.2 Å². The molecule has 1 aromatic heterocycles. The second-order valence-electron chi connectivity index (χ2n) is 6.68. The van der Waals surface area contributed by atoms with Crippen LogP contribution in [-0.4, -0.2) is 52.0 Å². The highest BCUT2D eigenvalue weighted by Gasteiger charge is 2.32. The molecule has 10 heteroatoms. The van der Waals surface area contributed by atoms with Crippen LogP contribution < -0.4 is 10.2 Å². The number of nitrogens with one attached hydrogen (secondary N) is 1. The van der Waals surface area contributed by atoms with Gasteiger partial charge in [-0.3, -0.25) is 9.69 Å². The van der Waals surface area contributed by atoms with Crippen LogP contribution in [0.3, 0.4) is 0 Å². The molecule has 2 heterocycles. The van der Waals surface area contributed by atoms with Crippen molar-refractivity contribution in [2.45, 2.75) is 17.1 Å². The van der Waals surface area contributed by atoms with E-state index in [-0.39, 0.29) is 11.8 Å². The van der Waals surface area contributed by atoms with E-state index in [2.05, 4.69) is 10.1 Å². The number of ether oxygens (including phenoxy) is 1. The number of rotatable bonds is 5. The van der Waals surface area contributed by atoms with Crippen molar-refractivity contribution in [2.24, 2.45) is 5.92 Å². The topological polar surface area (TPSA) is 96.0 Å². The van der Waals surface area contributed by atoms with E-state index in [0.717, 1.165) is 0 Å². The fourth-order valence-corrected chi connectivity index (χ4v) is 5.77. The zero-order chi connectivity index (χ0) is 21.0. The minimum absolute atomic E-state index is 0.132. The number of methoxy groups -OCH3 is 1. The van der Waals surface area contributed by atoms with Crippen molar-refractivity contribution >= 4 is 44.7 Å². The smallest absolute Gasteiger partial charge is 0.413 e. The van der Waals surface area contributed by atoms with Gasteiger partial charge in [-0.25, -0.2) is 13.2 Å². The Morgan fingerprint density at radius 3 is 2.38 bits per heavy atom. The fourth-order valence-electron chi connectivity index (χ4n) is 3.15. The van der Waals surface area contributed by atoms with Gasteiger partial charge in [0.2, 0.25) is 5.91 Å². The van der Waals surface area contributed by atoms with Crippen LogP contribution >= 0.6 is 11.3 Å². The number of sulfonamides is 1. The highest BCUT2D eigenvalue weighted by molar-refractivity contribution is 7.91. The molecule has 1 aliphatic heterocycles. The molecule has 0 spiro atoms. The van der Waals surface area contributed by atoms with Crippen molar-refractivity contribution in [3.05, 3.63) is 41.8 Å². The molecule has 8 nitrogen and oxygen atoms in total. The maximum absolute atomic E-state index is 12.6. The summed E-state index contributed by atoms with van der Waals surface area (Å²) in [5, 5.41) is 4.60. The lowest BCUT2D eigenvalue weighted by atomic mass is 9.97. The van der Waals surface area contributed by atoms with Gasteiger partial charge in [-0.2, -0.15) is 4.31 Å². The van der Waals surface area contributed by atoms with Gasteiger partial charge in [0.1, 0.15) is 4.21 Å². The first kappa shape index (κ1) is 21.3. The van der Waals surface area contributed by atoms with Crippen molar-refractivity contribution in [1.29, 1.82) is 0 Å². The molecule has 1 saturated heterocycles. The van der Waals surface area contributed by atoms with Gasteiger partial charge in [-0.05, 0) is 48.6 Å². The van der Waals surface area contributed by atoms with E-state index in [4.69, 9.17) is 0 Å². The second-order valence-corrected chi connectivity index (χ2v) is 9.79. The quantitative estimate of drug-likeness (QED) is 0.776. The average molecular weight is 438 g/mol. The van der Waals surface area contributed by atoms with Crippen LogP contribution in [-0.2, 0) is 19.6 Å². The summed E-state index contributed by atoms with van der Waals surface area (Å²) in [5.41, 5.74) is 1.26. The van der Waals surface area contributed by atoms with Gasteiger partial charge in [0.25, 0.3) is 10.0 Å². The third kappa shape index (κ3) is 4.77. The number of hydrogen-bond donors (Lipinski definition) is 1. The summed E-state index contributed by atoms with van der Waals surface area (Å²) in [7, 11) is -0.567. The standard InChI is InChI=1S/C19H23N3O5S2/c1-21(19(24)27-2)16-7-5-15(6-8-16)20-18(23)14-9-11-22(12-10-14)29(25,26)17-4-3-13-28-17/h3-8,13-14H,9-12H2,1-2H3,(H,20,23). The Kier molecular flexibility index (Phi) is 6.56. The maximum atomic E-state index is 12.6. The number of amides is 2. The summed E-state index contributed by atoms with van der Waals surface area (Å²) >= 11 is 1.20. The molecule has 29 heavy (non-hydrogen) atoms. The van der Waals surface area contributed by atoms with Crippen LogP contribution in [0.1, 0.15) is 12.8 Å². The van der Waals surface area contributed by atoms with Crippen LogP contribution in [0.5, 0.6) is 0 Å². The number of benzene rings is 1. The SMILES string of the molecule is COC(=O)N(C)c1ccc(NC(=O)C2CCN(S(=O)(=O)c3cccs3)CC2)cc1. The Balaban J connectivity index is 1.55. The lowest BCUT2D eigenvalue weighted by molar-refractivity contribution is -0.120. The largest absolute Gasteiger partial charge is 0.452 e. The molecule has 1 aromatic carbocycles. The van der Waals surface area contributed by atoms with E-state index in [1.165, 1.54) is 27.7 Å².